The monoisotopic (exact) mass is 754 g/mol. The minimum absolute atomic E-state index is 0.0314. The van der Waals surface area contributed by atoms with Crippen molar-refractivity contribution in [3.63, 3.8) is 0 Å². The van der Waals surface area contributed by atoms with E-state index in [2.05, 4.69) is 53.9 Å². The molecule has 10 nitrogen and oxygen atoms in total. The first kappa shape index (κ1) is 37.1. The maximum atomic E-state index is 14.5. The molecule has 13 heteroatoms. The lowest BCUT2D eigenvalue weighted by Crippen LogP contribution is -2.74. The van der Waals surface area contributed by atoms with Gasteiger partial charge in [0.05, 0.1) is 28.4 Å². The van der Waals surface area contributed by atoms with Gasteiger partial charge in [-0.3, -0.25) is 14.5 Å². The predicted octanol–water partition coefficient (Wildman–Crippen LogP) is 6.86. The van der Waals surface area contributed by atoms with Gasteiger partial charge >= 0.3 is 0 Å². The van der Waals surface area contributed by atoms with Crippen LogP contribution in [0.25, 0.3) is 0 Å². The molecule has 1 saturated carbocycles. The number of ether oxygens (including phenoxy) is 2. The minimum Gasteiger partial charge on any atom is -0.492 e. The number of carbonyl (C=O) groups is 2. The summed E-state index contributed by atoms with van der Waals surface area (Å²) in [5, 5.41) is 12.7. The van der Waals surface area contributed by atoms with Gasteiger partial charge in [0.1, 0.15) is 47.7 Å². The van der Waals surface area contributed by atoms with Crippen LogP contribution in [-0.4, -0.2) is 73.2 Å². The lowest BCUT2D eigenvalue weighted by Gasteiger charge is -2.63. The Morgan fingerprint density at radius 2 is 1.78 bits per heavy atom. The Balaban J connectivity index is 0.884. The molecule has 0 radical (unpaired) electrons. The molecule has 2 aliphatic heterocycles. The zero-order valence-electron chi connectivity index (χ0n) is 30.5. The first-order chi connectivity index (χ1) is 25.8. The van der Waals surface area contributed by atoms with E-state index in [0.717, 1.165) is 44.1 Å². The van der Waals surface area contributed by atoms with Gasteiger partial charge in [-0.2, -0.15) is 5.26 Å². The average Bonchev–Trinajstić information content (AvgIpc) is 3.49. The van der Waals surface area contributed by atoms with Crippen LogP contribution in [0.15, 0.2) is 72.9 Å². The number of nitriles is 1. The SMILES string of the molecule is CC1(C)[C@H](NC(=O)c2ccc(N3CCN(CCOc4cccc5c4CN(c4ccc(F)cc4F)C5=O)CC3)nc2)C(C)(C)[C@H]1Oc1ccc(C#N)c(Cl)c1. The highest BCUT2D eigenvalue weighted by Crippen LogP contribution is 2.55. The number of amides is 2. The van der Waals surface area contributed by atoms with Crippen LogP contribution in [0.1, 0.15) is 59.5 Å². The molecule has 1 N–H and O–H groups in total. The number of rotatable bonds is 10. The molecule has 7 rings (SSSR count). The summed E-state index contributed by atoms with van der Waals surface area (Å²) in [7, 11) is 0. The number of halogens is 3. The van der Waals surface area contributed by atoms with Gasteiger partial charge in [0.15, 0.2) is 0 Å². The zero-order valence-corrected chi connectivity index (χ0v) is 31.3. The summed E-state index contributed by atoms with van der Waals surface area (Å²) in [4.78, 5) is 36.9. The number of carbonyl (C=O) groups excluding carboxylic acids is 2. The van der Waals surface area contributed by atoms with Gasteiger partial charge in [0.2, 0.25) is 0 Å². The Hall–Kier alpha value is -5.25. The Labute approximate surface area is 318 Å². The zero-order chi connectivity index (χ0) is 38.4. The van der Waals surface area contributed by atoms with E-state index < -0.39 is 11.6 Å². The van der Waals surface area contributed by atoms with Crippen LogP contribution in [0, 0.1) is 33.8 Å². The van der Waals surface area contributed by atoms with Gasteiger partial charge in [-0.25, -0.2) is 13.8 Å². The third-order valence-electron chi connectivity index (χ3n) is 10.9. The molecule has 54 heavy (non-hydrogen) atoms. The molecule has 2 fully saturated rings. The van der Waals surface area contributed by atoms with Crippen molar-refractivity contribution in [2.45, 2.75) is 46.4 Å². The summed E-state index contributed by atoms with van der Waals surface area (Å²) >= 11 is 6.23. The molecule has 2 amide bonds. The molecule has 0 atom stereocenters. The van der Waals surface area contributed by atoms with E-state index in [1.165, 1.54) is 11.0 Å². The fraction of sp³-hybridized carbons (Fsp3) is 0.366. The number of fused-ring (bicyclic) bond motifs is 1. The molecular formula is C41H41ClF2N6O4. The Morgan fingerprint density at radius 3 is 2.44 bits per heavy atom. The molecular weight excluding hydrogens is 714 g/mol. The highest BCUT2D eigenvalue weighted by Gasteiger charge is 2.64. The van der Waals surface area contributed by atoms with E-state index in [-0.39, 0.29) is 47.0 Å². The molecule has 4 aromatic rings. The molecule has 280 valence electrons. The maximum Gasteiger partial charge on any atom is 0.259 e. The number of hydrogen-bond acceptors (Lipinski definition) is 8. The van der Waals surface area contributed by atoms with Crippen LogP contribution in [0.2, 0.25) is 5.02 Å². The van der Waals surface area contributed by atoms with Crippen molar-refractivity contribution >= 4 is 34.9 Å². The van der Waals surface area contributed by atoms with E-state index in [1.54, 1.807) is 48.7 Å². The summed E-state index contributed by atoms with van der Waals surface area (Å²) in [5.74, 6) is -0.0908. The third kappa shape index (κ3) is 6.94. The second-order valence-electron chi connectivity index (χ2n) is 15.2. The highest BCUT2D eigenvalue weighted by atomic mass is 35.5. The van der Waals surface area contributed by atoms with Crippen molar-refractivity contribution in [1.82, 2.24) is 15.2 Å². The first-order valence-corrected chi connectivity index (χ1v) is 18.3. The molecule has 1 saturated heterocycles. The largest absolute Gasteiger partial charge is 0.492 e. The van der Waals surface area contributed by atoms with Gasteiger partial charge in [0.25, 0.3) is 11.8 Å². The second kappa shape index (κ2) is 14.5. The molecule has 3 aliphatic rings. The topological polar surface area (TPSA) is 111 Å². The number of pyridine rings is 1. The number of benzene rings is 3. The lowest BCUT2D eigenvalue weighted by molar-refractivity contribution is -0.164. The average molecular weight is 755 g/mol. The standard InChI is InChI=1S/C41H41ClF2N6O4/c1-40(2)38(41(3,4)39(40)54-28-11-8-25(22-45)31(42)21-28)47-36(51)26-9-13-35(46-23-26)49-16-14-48(15-17-49)18-19-53-34-7-5-6-29-30(34)24-50(37(29)52)33-12-10-27(43)20-32(33)44/h5-13,20-21,23,38-39H,14-19,24H2,1-4H3,(H,47,51)/t38-,39-. The molecule has 1 aliphatic carbocycles. The van der Waals surface area contributed by atoms with E-state index in [4.69, 9.17) is 21.1 Å². The van der Waals surface area contributed by atoms with Crippen LogP contribution in [0.5, 0.6) is 11.5 Å². The summed E-state index contributed by atoms with van der Waals surface area (Å²) in [6, 6.07) is 19.0. The third-order valence-corrected chi connectivity index (χ3v) is 11.2. The summed E-state index contributed by atoms with van der Waals surface area (Å²) in [6.07, 6.45) is 1.41. The van der Waals surface area contributed by atoms with Crippen LogP contribution in [0.3, 0.4) is 0 Å². The van der Waals surface area contributed by atoms with Gasteiger partial charge in [-0.1, -0.05) is 45.4 Å². The quantitative estimate of drug-likeness (QED) is 0.187. The fourth-order valence-corrected chi connectivity index (χ4v) is 8.55. The number of nitrogens with zero attached hydrogens (tertiary/aromatic N) is 5. The minimum atomic E-state index is -0.791. The number of anilines is 2. The highest BCUT2D eigenvalue weighted by molar-refractivity contribution is 6.31. The number of piperazine rings is 1. The summed E-state index contributed by atoms with van der Waals surface area (Å²) < 4.78 is 40.4. The van der Waals surface area contributed by atoms with E-state index in [9.17, 15) is 23.6 Å². The van der Waals surface area contributed by atoms with Gasteiger partial charge in [0, 0.05) is 79.1 Å². The van der Waals surface area contributed by atoms with Crippen molar-refractivity contribution < 1.29 is 27.8 Å². The molecule has 0 bridgehead atoms. The van der Waals surface area contributed by atoms with Crippen LogP contribution in [0.4, 0.5) is 20.3 Å². The second-order valence-corrected chi connectivity index (χ2v) is 15.6. The smallest absolute Gasteiger partial charge is 0.259 e. The van der Waals surface area contributed by atoms with Crippen molar-refractivity contribution in [3.8, 4) is 17.6 Å². The Bertz CT molecular complexity index is 2120. The molecule has 3 heterocycles. The van der Waals surface area contributed by atoms with Crippen molar-refractivity contribution in [1.29, 1.82) is 5.26 Å². The van der Waals surface area contributed by atoms with E-state index in [0.29, 0.717) is 51.9 Å². The molecule has 3 aromatic carbocycles. The van der Waals surface area contributed by atoms with Crippen molar-refractivity contribution in [2.75, 3.05) is 49.1 Å². The van der Waals surface area contributed by atoms with Crippen LogP contribution >= 0.6 is 11.6 Å². The Morgan fingerprint density at radius 1 is 1.02 bits per heavy atom. The number of hydrogen-bond donors (Lipinski definition) is 1. The maximum absolute atomic E-state index is 14.5. The van der Waals surface area contributed by atoms with Gasteiger partial charge in [-0.05, 0) is 48.5 Å². The van der Waals surface area contributed by atoms with Crippen molar-refractivity contribution in [2.24, 2.45) is 10.8 Å². The van der Waals surface area contributed by atoms with Crippen LogP contribution in [-0.2, 0) is 6.54 Å². The number of aromatic nitrogens is 1. The molecule has 1 aromatic heterocycles. The lowest BCUT2D eigenvalue weighted by atomic mass is 9.49. The predicted molar refractivity (Wildman–Crippen MR) is 201 cm³/mol. The summed E-state index contributed by atoms with van der Waals surface area (Å²) in [6.45, 7) is 12.6. The number of nitrogens with one attached hydrogen (secondary N) is 1. The molecule has 0 spiro atoms. The normalized spacial score (nSPS) is 20.1. The molecule has 0 unspecified atom stereocenters. The van der Waals surface area contributed by atoms with Crippen molar-refractivity contribution in [3.05, 3.63) is 112 Å². The Kier molecular flexibility index (Phi) is 9.98. The first-order valence-electron chi connectivity index (χ1n) is 17.9. The fourth-order valence-electron chi connectivity index (χ4n) is 8.34. The summed E-state index contributed by atoms with van der Waals surface area (Å²) in [5.41, 5.74) is 1.26. The van der Waals surface area contributed by atoms with Gasteiger partial charge < -0.3 is 24.6 Å². The van der Waals surface area contributed by atoms with E-state index in [1.807, 2.05) is 6.07 Å². The van der Waals surface area contributed by atoms with Crippen LogP contribution < -0.4 is 24.6 Å². The van der Waals surface area contributed by atoms with E-state index >= 15 is 0 Å². The van der Waals surface area contributed by atoms with Gasteiger partial charge in [-0.15, -0.1) is 0 Å².